The summed E-state index contributed by atoms with van der Waals surface area (Å²) < 4.78 is 23.5. The molecule has 0 radical (unpaired) electrons. The molecule has 0 saturated carbocycles. The van der Waals surface area contributed by atoms with Gasteiger partial charge in [-0.05, 0) is 62.6 Å². The number of para-hydroxylation sites is 2. The van der Waals surface area contributed by atoms with Crippen LogP contribution in [0.4, 0.5) is 0 Å². The molecule has 2 aromatic heterocycles. The Labute approximate surface area is 297 Å². The topological polar surface area (TPSA) is 9.86 Å². The summed E-state index contributed by atoms with van der Waals surface area (Å²) in [4.78, 5) is 0. The zero-order chi connectivity index (χ0) is 35.7. The van der Waals surface area contributed by atoms with Gasteiger partial charge in [0.15, 0.2) is 8.07 Å². The van der Waals surface area contributed by atoms with Crippen molar-refractivity contribution in [3.63, 3.8) is 0 Å². The van der Waals surface area contributed by atoms with E-state index in [1.165, 1.54) is 31.5 Å². The Kier molecular flexibility index (Phi) is 6.63. The van der Waals surface area contributed by atoms with E-state index >= 15 is 0 Å². The summed E-state index contributed by atoms with van der Waals surface area (Å²) in [6.07, 6.45) is 0. The number of fused-ring (bicyclic) bond motifs is 6. The first-order chi connectivity index (χ1) is 25.2. The van der Waals surface area contributed by atoms with Crippen molar-refractivity contribution in [3.05, 3.63) is 176 Å². The minimum atomic E-state index is -2.83. The van der Waals surface area contributed by atoms with Crippen molar-refractivity contribution in [2.45, 2.75) is 27.3 Å². The fourth-order valence-electron chi connectivity index (χ4n) is 8.10. The van der Waals surface area contributed by atoms with E-state index in [1.54, 1.807) is 0 Å². The number of benzene rings is 7. The van der Waals surface area contributed by atoms with Gasteiger partial charge in [0.2, 0.25) is 0 Å². The molecule has 0 amide bonds. The molecule has 0 unspecified atom stereocenters. The molecule has 0 aliphatic carbocycles. The standard InChI is InChI=1S/C47H40N2Si/c1-47(2,3)33-48-43-29-27-34(49-45-25-15-13-23-39(45)40-24-14-16-26-46(40)49)31-41(43)42-32-38(28-30-44(42)48)50(35-17-7-4-8-18-35,36-19-9-5-10-20-36)37-21-11-6-12-22-37/h4-32H,33H2,1-3H3/i33D2. The van der Waals surface area contributed by atoms with Crippen molar-refractivity contribution in [1.29, 1.82) is 0 Å². The fourth-order valence-corrected chi connectivity index (χ4v) is 12.9. The normalized spacial score (nSPS) is 13.3. The van der Waals surface area contributed by atoms with Crippen LogP contribution in [-0.4, -0.2) is 17.2 Å². The van der Waals surface area contributed by atoms with Crippen LogP contribution in [0.25, 0.3) is 49.3 Å². The maximum absolute atomic E-state index is 9.62. The van der Waals surface area contributed by atoms with Gasteiger partial charge in [-0.2, -0.15) is 0 Å². The lowest BCUT2D eigenvalue weighted by molar-refractivity contribution is 0.354. The number of nitrogens with zero attached hydrogens (tertiary/aromatic N) is 2. The first-order valence-electron chi connectivity index (χ1n) is 18.5. The van der Waals surface area contributed by atoms with Gasteiger partial charge >= 0.3 is 0 Å². The predicted octanol–water partition coefficient (Wildman–Crippen LogP) is 9.32. The summed E-state index contributed by atoms with van der Waals surface area (Å²) in [6.45, 7) is 4.30. The van der Waals surface area contributed by atoms with Gasteiger partial charge in [0, 0.05) is 44.8 Å². The van der Waals surface area contributed by atoms with Crippen molar-refractivity contribution in [3.8, 4) is 5.69 Å². The molecule has 7 aromatic carbocycles. The Balaban J connectivity index is 1.41. The Bertz CT molecular complexity index is 2590. The number of hydrogen-bond donors (Lipinski definition) is 0. The average molecular weight is 663 g/mol. The summed E-state index contributed by atoms with van der Waals surface area (Å²) in [7, 11) is -2.83. The SMILES string of the molecule is [2H]C([2H])(n1c2ccc(-n3c4ccccc4c4ccccc43)cc2c2cc([Si](c3ccccc3)(c3ccccc3)c3ccccc3)ccc21)C(C)(C)C. The molecule has 0 atom stereocenters. The molecule has 2 nitrogen and oxygen atoms in total. The third-order valence-electron chi connectivity index (χ3n) is 10.1. The molecular weight excluding hydrogens is 621 g/mol. The average Bonchev–Trinajstić information content (AvgIpc) is 3.69. The van der Waals surface area contributed by atoms with Crippen LogP contribution in [0.15, 0.2) is 176 Å². The zero-order valence-electron chi connectivity index (χ0n) is 30.6. The summed E-state index contributed by atoms with van der Waals surface area (Å²) in [5.74, 6) is 0. The largest absolute Gasteiger partial charge is 0.340 e. The van der Waals surface area contributed by atoms with Crippen LogP contribution in [-0.2, 0) is 6.50 Å². The van der Waals surface area contributed by atoms with Crippen molar-refractivity contribution >= 4 is 72.4 Å². The van der Waals surface area contributed by atoms with Gasteiger partial charge < -0.3 is 9.13 Å². The van der Waals surface area contributed by atoms with Gasteiger partial charge in [-0.25, -0.2) is 0 Å². The molecule has 0 fully saturated rings. The molecule has 0 aliphatic rings. The Hall–Kier alpha value is -5.64. The van der Waals surface area contributed by atoms with Crippen LogP contribution in [0.5, 0.6) is 0 Å². The highest BCUT2D eigenvalue weighted by Gasteiger charge is 2.41. The monoisotopic (exact) mass is 662 g/mol. The molecule has 242 valence electrons. The molecule has 50 heavy (non-hydrogen) atoms. The third-order valence-corrected chi connectivity index (χ3v) is 14.9. The predicted molar refractivity (Wildman–Crippen MR) is 217 cm³/mol. The lowest BCUT2D eigenvalue weighted by Crippen LogP contribution is -2.74. The lowest BCUT2D eigenvalue weighted by atomic mass is 9.97. The maximum atomic E-state index is 9.62. The van der Waals surface area contributed by atoms with Gasteiger partial charge in [-0.15, -0.1) is 0 Å². The van der Waals surface area contributed by atoms with Crippen LogP contribution < -0.4 is 20.7 Å². The van der Waals surface area contributed by atoms with E-state index in [-0.39, 0.29) is 0 Å². The second kappa shape index (κ2) is 11.8. The molecule has 0 aliphatic heterocycles. The summed E-state index contributed by atoms with van der Waals surface area (Å²) in [5.41, 5.74) is 4.50. The number of rotatable bonds is 6. The van der Waals surface area contributed by atoms with Crippen LogP contribution in [0.2, 0.25) is 0 Å². The first-order valence-corrected chi connectivity index (χ1v) is 19.5. The number of hydrogen-bond acceptors (Lipinski definition) is 0. The fraction of sp³-hybridized carbons (Fsp3) is 0.106. The van der Waals surface area contributed by atoms with Gasteiger partial charge in [-0.1, -0.05) is 160 Å². The molecular formula is C47H40N2Si. The van der Waals surface area contributed by atoms with Crippen molar-refractivity contribution in [1.82, 2.24) is 9.13 Å². The van der Waals surface area contributed by atoms with E-state index < -0.39 is 20.0 Å². The van der Waals surface area contributed by atoms with Gasteiger partial charge in [0.05, 0.1) is 13.8 Å². The van der Waals surface area contributed by atoms with E-state index in [1.807, 2.05) is 25.3 Å². The van der Waals surface area contributed by atoms with Gasteiger partial charge in [0.1, 0.15) is 0 Å². The van der Waals surface area contributed by atoms with Gasteiger partial charge in [-0.3, -0.25) is 0 Å². The smallest absolute Gasteiger partial charge is 0.179 e. The van der Waals surface area contributed by atoms with Crippen LogP contribution in [0, 0.1) is 5.41 Å². The van der Waals surface area contributed by atoms with Crippen LogP contribution in [0.3, 0.4) is 0 Å². The second-order valence-electron chi connectivity index (χ2n) is 14.3. The molecule has 2 heterocycles. The molecule has 0 saturated heterocycles. The lowest BCUT2D eigenvalue weighted by Gasteiger charge is -2.34. The number of aromatic nitrogens is 2. The molecule has 0 bridgehead atoms. The second-order valence-corrected chi connectivity index (χ2v) is 18.2. The Morgan fingerprint density at radius 3 is 1.38 bits per heavy atom. The Morgan fingerprint density at radius 2 is 0.880 bits per heavy atom. The highest BCUT2D eigenvalue weighted by atomic mass is 28.3. The van der Waals surface area contributed by atoms with Crippen molar-refractivity contribution in [2.24, 2.45) is 5.41 Å². The molecule has 3 heteroatoms. The highest BCUT2D eigenvalue weighted by Crippen LogP contribution is 2.36. The minimum Gasteiger partial charge on any atom is -0.340 e. The van der Waals surface area contributed by atoms with Crippen LogP contribution in [0.1, 0.15) is 23.5 Å². The molecule has 9 aromatic rings. The molecule has 0 N–H and O–H groups in total. The van der Waals surface area contributed by atoms with Crippen molar-refractivity contribution < 1.29 is 2.74 Å². The van der Waals surface area contributed by atoms with E-state index in [0.717, 1.165) is 38.5 Å². The van der Waals surface area contributed by atoms with Gasteiger partial charge in [0.25, 0.3) is 0 Å². The molecule has 0 spiro atoms. The van der Waals surface area contributed by atoms with E-state index in [9.17, 15) is 2.74 Å². The summed E-state index contributed by atoms with van der Waals surface area (Å²) in [5, 5.41) is 9.74. The van der Waals surface area contributed by atoms with E-state index in [0.29, 0.717) is 0 Å². The summed E-state index contributed by atoms with van der Waals surface area (Å²) in [6, 6.07) is 63.6. The van der Waals surface area contributed by atoms with Crippen molar-refractivity contribution in [2.75, 3.05) is 0 Å². The van der Waals surface area contributed by atoms with E-state index in [2.05, 4.69) is 180 Å². The summed E-state index contributed by atoms with van der Waals surface area (Å²) >= 11 is 0. The first kappa shape index (κ1) is 28.2. The highest BCUT2D eigenvalue weighted by molar-refractivity contribution is 7.20. The third kappa shape index (κ3) is 4.76. The molecule has 9 rings (SSSR count). The minimum absolute atomic E-state index is 0.660. The van der Waals surface area contributed by atoms with E-state index in [4.69, 9.17) is 0 Å². The van der Waals surface area contributed by atoms with Crippen LogP contribution >= 0.6 is 0 Å². The maximum Gasteiger partial charge on any atom is 0.179 e. The Morgan fingerprint density at radius 1 is 0.440 bits per heavy atom. The quantitative estimate of drug-likeness (QED) is 0.124. The zero-order valence-corrected chi connectivity index (χ0v) is 29.6.